The summed E-state index contributed by atoms with van der Waals surface area (Å²) in [5.41, 5.74) is 8.95. The van der Waals surface area contributed by atoms with E-state index in [4.69, 9.17) is 10.7 Å². The predicted molar refractivity (Wildman–Crippen MR) is 101 cm³/mol. The summed E-state index contributed by atoms with van der Waals surface area (Å²) >= 11 is 0. The van der Waals surface area contributed by atoms with Crippen LogP contribution in [0.3, 0.4) is 0 Å². The molecule has 3 rings (SSSR count). The van der Waals surface area contributed by atoms with E-state index in [1.807, 2.05) is 0 Å². The normalized spacial score (nSPS) is 20.8. The van der Waals surface area contributed by atoms with Crippen LogP contribution in [0.15, 0.2) is 29.3 Å². The molecule has 2 heterocycles. The van der Waals surface area contributed by atoms with Crippen molar-refractivity contribution in [3.05, 3.63) is 35.4 Å². The van der Waals surface area contributed by atoms with Crippen LogP contribution in [-0.4, -0.2) is 41.9 Å². The summed E-state index contributed by atoms with van der Waals surface area (Å²) in [7, 11) is 0. The van der Waals surface area contributed by atoms with Crippen LogP contribution in [0.5, 0.6) is 0 Å². The van der Waals surface area contributed by atoms with Gasteiger partial charge in [0.05, 0.1) is 6.54 Å². The van der Waals surface area contributed by atoms with Gasteiger partial charge in [0, 0.05) is 19.6 Å². The number of hydrogen-bond acceptors (Lipinski definition) is 2. The lowest BCUT2D eigenvalue weighted by molar-refractivity contribution is 0.276. The second-order valence-electron chi connectivity index (χ2n) is 7.18. The third kappa shape index (κ3) is 4.97. The van der Waals surface area contributed by atoms with Crippen molar-refractivity contribution in [2.75, 3.05) is 26.2 Å². The number of nitrogens with two attached hydrogens (primary N) is 1. The second kappa shape index (κ2) is 9.07. The van der Waals surface area contributed by atoms with E-state index in [1.165, 1.54) is 69.2 Å². The van der Waals surface area contributed by atoms with Crippen molar-refractivity contribution in [1.29, 1.82) is 0 Å². The minimum atomic E-state index is 0.701. The highest BCUT2D eigenvalue weighted by Crippen LogP contribution is 2.17. The van der Waals surface area contributed by atoms with Gasteiger partial charge in [-0.05, 0) is 56.3 Å². The first kappa shape index (κ1) is 17.3. The van der Waals surface area contributed by atoms with Crippen LogP contribution < -0.4 is 5.73 Å². The van der Waals surface area contributed by atoms with E-state index in [2.05, 4.69) is 34.1 Å². The maximum atomic E-state index is 6.22. The third-order valence-electron chi connectivity index (χ3n) is 5.30. The lowest BCUT2D eigenvalue weighted by Crippen LogP contribution is -2.40. The Morgan fingerprint density at radius 3 is 2.12 bits per heavy atom. The topological polar surface area (TPSA) is 44.9 Å². The van der Waals surface area contributed by atoms with Crippen molar-refractivity contribution in [3.63, 3.8) is 0 Å². The van der Waals surface area contributed by atoms with Crippen molar-refractivity contribution in [2.45, 2.75) is 58.0 Å². The van der Waals surface area contributed by atoms with Crippen molar-refractivity contribution in [2.24, 2.45) is 10.7 Å². The largest absolute Gasteiger partial charge is 0.370 e. The molecule has 2 aliphatic heterocycles. The molecule has 0 aromatic heterocycles. The quantitative estimate of drug-likeness (QED) is 0.681. The Bertz CT molecular complexity index is 526. The van der Waals surface area contributed by atoms with Crippen molar-refractivity contribution >= 4 is 5.96 Å². The molecule has 2 N–H and O–H groups in total. The molecule has 2 aliphatic rings. The van der Waals surface area contributed by atoms with Crippen LogP contribution in [0.4, 0.5) is 0 Å². The van der Waals surface area contributed by atoms with Crippen LogP contribution in [0.1, 0.15) is 56.1 Å². The van der Waals surface area contributed by atoms with E-state index >= 15 is 0 Å². The highest BCUT2D eigenvalue weighted by Gasteiger charge is 2.13. The van der Waals surface area contributed by atoms with E-state index in [0.717, 1.165) is 25.6 Å². The molecule has 4 nitrogen and oxygen atoms in total. The zero-order valence-electron chi connectivity index (χ0n) is 14.9. The van der Waals surface area contributed by atoms with Crippen LogP contribution in [0, 0.1) is 0 Å². The molecule has 24 heavy (non-hydrogen) atoms. The van der Waals surface area contributed by atoms with Crippen LogP contribution in [-0.2, 0) is 13.1 Å². The fourth-order valence-corrected chi connectivity index (χ4v) is 3.79. The maximum absolute atomic E-state index is 6.22. The molecule has 1 aromatic carbocycles. The SMILES string of the molecule is NC(=NCc1ccccc1CN1CCCCCC1)N1CCCCC1. The molecule has 2 saturated heterocycles. The minimum absolute atomic E-state index is 0.701. The van der Waals surface area contributed by atoms with Crippen molar-refractivity contribution in [3.8, 4) is 0 Å². The highest BCUT2D eigenvalue weighted by molar-refractivity contribution is 5.78. The monoisotopic (exact) mass is 328 g/mol. The van der Waals surface area contributed by atoms with Gasteiger partial charge < -0.3 is 10.6 Å². The number of piperidine rings is 1. The van der Waals surface area contributed by atoms with Gasteiger partial charge in [0.2, 0.25) is 0 Å². The molecule has 0 spiro atoms. The summed E-state index contributed by atoms with van der Waals surface area (Å²) in [5.74, 6) is 0.722. The lowest BCUT2D eigenvalue weighted by Gasteiger charge is -2.27. The first-order valence-corrected chi connectivity index (χ1v) is 9.67. The van der Waals surface area contributed by atoms with Gasteiger partial charge in [0.25, 0.3) is 0 Å². The average Bonchev–Trinajstić information content (AvgIpc) is 2.90. The van der Waals surface area contributed by atoms with Crippen molar-refractivity contribution in [1.82, 2.24) is 9.80 Å². The average molecular weight is 329 g/mol. The number of hydrogen-bond donors (Lipinski definition) is 1. The predicted octanol–water partition coefficient (Wildman–Crippen LogP) is 3.36. The van der Waals surface area contributed by atoms with E-state index in [0.29, 0.717) is 6.54 Å². The molecule has 0 aliphatic carbocycles. The number of guanidine groups is 1. The van der Waals surface area contributed by atoms with Gasteiger partial charge in [-0.25, -0.2) is 4.99 Å². The summed E-state index contributed by atoms with van der Waals surface area (Å²) in [5, 5.41) is 0. The molecule has 0 atom stereocenters. The number of benzene rings is 1. The third-order valence-corrected chi connectivity index (χ3v) is 5.30. The molecular formula is C20H32N4. The fraction of sp³-hybridized carbons (Fsp3) is 0.650. The molecular weight excluding hydrogens is 296 g/mol. The second-order valence-corrected chi connectivity index (χ2v) is 7.18. The Balaban J connectivity index is 1.62. The summed E-state index contributed by atoms with van der Waals surface area (Å²) < 4.78 is 0. The number of rotatable bonds is 4. The molecule has 132 valence electrons. The van der Waals surface area contributed by atoms with E-state index in [1.54, 1.807) is 0 Å². The molecule has 2 fully saturated rings. The first-order valence-electron chi connectivity index (χ1n) is 9.67. The Labute approximate surface area is 146 Å². The van der Waals surface area contributed by atoms with Gasteiger partial charge in [-0.2, -0.15) is 0 Å². The van der Waals surface area contributed by atoms with Gasteiger partial charge in [0.15, 0.2) is 5.96 Å². The lowest BCUT2D eigenvalue weighted by atomic mass is 10.1. The van der Waals surface area contributed by atoms with E-state index in [9.17, 15) is 0 Å². The smallest absolute Gasteiger partial charge is 0.191 e. The van der Waals surface area contributed by atoms with E-state index < -0.39 is 0 Å². The summed E-state index contributed by atoms with van der Waals surface area (Å²) in [6, 6.07) is 8.73. The summed E-state index contributed by atoms with van der Waals surface area (Å²) in [6.07, 6.45) is 9.24. The molecule has 0 radical (unpaired) electrons. The van der Waals surface area contributed by atoms with Gasteiger partial charge in [-0.1, -0.05) is 37.1 Å². The molecule has 0 unspecified atom stereocenters. The van der Waals surface area contributed by atoms with Crippen LogP contribution >= 0.6 is 0 Å². The maximum Gasteiger partial charge on any atom is 0.191 e. The molecule has 0 bridgehead atoms. The Morgan fingerprint density at radius 1 is 0.833 bits per heavy atom. The Hall–Kier alpha value is -1.55. The van der Waals surface area contributed by atoms with Crippen LogP contribution in [0.25, 0.3) is 0 Å². The fourth-order valence-electron chi connectivity index (χ4n) is 3.79. The van der Waals surface area contributed by atoms with E-state index in [-0.39, 0.29) is 0 Å². The zero-order chi connectivity index (χ0) is 16.6. The van der Waals surface area contributed by atoms with Gasteiger partial charge >= 0.3 is 0 Å². The number of aliphatic imine (C=N–C) groups is 1. The summed E-state index contributed by atoms with van der Waals surface area (Å²) in [6.45, 7) is 6.33. The van der Waals surface area contributed by atoms with Gasteiger partial charge in [-0.15, -0.1) is 0 Å². The Morgan fingerprint density at radius 2 is 1.42 bits per heavy atom. The standard InChI is InChI=1S/C20H32N4/c21-20(24-14-8-3-9-15-24)22-16-18-10-4-5-11-19(18)17-23-12-6-1-2-7-13-23/h4-5,10-11H,1-3,6-9,12-17H2,(H2,21,22). The molecule has 4 heteroatoms. The number of likely N-dealkylation sites (tertiary alicyclic amines) is 2. The number of nitrogens with zero attached hydrogens (tertiary/aromatic N) is 3. The molecule has 1 aromatic rings. The Kier molecular flexibility index (Phi) is 6.53. The molecule has 0 amide bonds. The first-order chi connectivity index (χ1) is 11.8. The minimum Gasteiger partial charge on any atom is -0.370 e. The summed E-state index contributed by atoms with van der Waals surface area (Å²) in [4.78, 5) is 9.53. The highest BCUT2D eigenvalue weighted by atomic mass is 15.2. The zero-order valence-corrected chi connectivity index (χ0v) is 14.9. The van der Waals surface area contributed by atoms with Gasteiger partial charge in [-0.3, -0.25) is 4.90 Å². The van der Waals surface area contributed by atoms with Gasteiger partial charge in [0.1, 0.15) is 0 Å². The van der Waals surface area contributed by atoms with Crippen molar-refractivity contribution < 1.29 is 0 Å². The molecule has 0 saturated carbocycles. The van der Waals surface area contributed by atoms with Crippen LogP contribution in [0.2, 0.25) is 0 Å².